The van der Waals surface area contributed by atoms with Gasteiger partial charge in [-0.05, 0) is 55.8 Å². The third kappa shape index (κ3) is 11.6. The highest BCUT2D eigenvalue weighted by atomic mass is 16.6. The van der Waals surface area contributed by atoms with E-state index < -0.39 is 59.7 Å². The van der Waals surface area contributed by atoms with E-state index in [1.165, 1.54) is 0 Å². The summed E-state index contributed by atoms with van der Waals surface area (Å²) in [6.45, 7) is 20.4. The number of carbonyl (C=O) groups is 1. The third-order valence-corrected chi connectivity index (χ3v) is 7.88. The van der Waals surface area contributed by atoms with Gasteiger partial charge in [0.2, 0.25) is 0 Å². The Morgan fingerprint density at radius 3 is 2.03 bits per heavy atom. The van der Waals surface area contributed by atoms with Crippen molar-refractivity contribution in [2.75, 3.05) is 6.54 Å². The molecule has 0 aromatic heterocycles. The third-order valence-electron chi connectivity index (χ3n) is 7.88. The Kier molecular flexibility index (Phi) is 12.5. The summed E-state index contributed by atoms with van der Waals surface area (Å²) in [6, 6.07) is -1.35. The van der Waals surface area contributed by atoms with Gasteiger partial charge >= 0.3 is 6.09 Å². The molecule has 0 saturated heterocycles. The minimum atomic E-state index is -1.27. The average molecular weight is 547 g/mol. The number of aliphatic hydroxyl groups is 5. The van der Waals surface area contributed by atoms with Crippen LogP contribution in [0.25, 0.3) is 0 Å². The summed E-state index contributed by atoms with van der Waals surface area (Å²) in [5.74, 6) is 0. The molecule has 0 bridgehead atoms. The first-order chi connectivity index (χ1) is 17.1. The Morgan fingerprint density at radius 2 is 1.50 bits per heavy atom. The van der Waals surface area contributed by atoms with E-state index >= 15 is 0 Å². The quantitative estimate of drug-likeness (QED) is 0.186. The SMILES string of the molecule is CCC(C)(C)CC(C)(C)C(O)CC(O)C(CNC1CCC(O)C(O)C1O)NC(=O)OC(C)(C)CC(C)(C)C. The van der Waals surface area contributed by atoms with E-state index in [1.54, 1.807) is 0 Å². The van der Waals surface area contributed by atoms with Crippen LogP contribution in [-0.2, 0) is 4.74 Å². The summed E-state index contributed by atoms with van der Waals surface area (Å²) in [4.78, 5) is 12.9. The number of amides is 1. The molecule has 0 aromatic rings. The molecule has 38 heavy (non-hydrogen) atoms. The fourth-order valence-corrected chi connectivity index (χ4v) is 5.88. The standard InChI is InChI=1S/C29H58N2O7/c1-11-27(5,6)17-28(7,8)22(34)14-21(33)19(15-30-18-12-13-20(32)24(36)23(18)35)31-25(37)38-29(9,10)16-26(2,3)4/h18-24,30,32-36H,11-17H2,1-10H3,(H,31,37). The van der Waals surface area contributed by atoms with E-state index in [4.69, 9.17) is 4.74 Å². The molecule has 1 saturated carbocycles. The molecule has 7 unspecified atom stereocenters. The first kappa shape index (κ1) is 35.1. The van der Waals surface area contributed by atoms with Gasteiger partial charge in [0, 0.05) is 19.0 Å². The van der Waals surface area contributed by atoms with Crippen molar-refractivity contribution >= 4 is 6.09 Å². The molecule has 0 radical (unpaired) electrons. The van der Waals surface area contributed by atoms with Crippen LogP contribution in [0.3, 0.4) is 0 Å². The summed E-state index contributed by atoms with van der Waals surface area (Å²) < 4.78 is 5.72. The zero-order chi connectivity index (χ0) is 29.7. The molecule has 1 aliphatic rings. The lowest BCUT2D eigenvalue weighted by Crippen LogP contribution is -2.59. The topological polar surface area (TPSA) is 152 Å². The molecule has 1 aliphatic carbocycles. The highest BCUT2D eigenvalue weighted by Crippen LogP contribution is 2.39. The molecule has 7 N–H and O–H groups in total. The van der Waals surface area contributed by atoms with Crippen molar-refractivity contribution in [3.8, 4) is 0 Å². The Bertz CT molecular complexity index is 735. The number of alkyl carbamates (subject to hydrolysis) is 1. The van der Waals surface area contributed by atoms with Gasteiger partial charge < -0.3 is 40.9 Å². The predicted octanol–water partition coefficient (Wildman–Crippen LogP) is 3.10. The Morgan fingerprint density at radius 1 is 0.921 bits per heavy atom. The monoisotopic (exact) mass is 546 g/mol. The number of aliphatic hydroxyl groups excluding tert-OH is 5. The van der Waals surface area contributed by atoms with Crippen LogP contribution in [0.15, 0.2) is 0 Å². The Balaban J connectivity index is 3.00. The fraction of sp³-hybridized carbons (Fsp3) is 0.966. The van der Waals surface area contributed by atoms with Crippen molar-refractivity contribution < 1.29 is 35.1 Å². The van der Waals surface area contributed by atoms with Gasteiger partial charge in [-0.2, -0.15) is 0 Å². The molecule has 1 fully saturated rings. The van der Waals surface area contributed by atoms with Crippen LogP contribution in [-0.4, -0.2) is 86.4 Å². The first-order valence-electron chi connectivity index (χ1n) is 14.2. The van der Waals surface area contributed by atoms with Crippen LogP contribution in [0.2, 0.25) is 0 Å². The summed E-state index contributed by atoms with van der Waals surface area (Å²) in [6.07, 6.45) is -2.91. The summed E-state index contributed by atoms with van der Waals surface area (Å²) in [7, 11) is 0. The van der Waals surface area contributed by atoms with Gasteiger partial charge in [-0.1, -0.05) is 61.8 Å². The molecule has 1 rings (SSSR count). The van der Waals surface area contributed by atoms with Crippen molar-refractivity contribution in [1.82, 2.24) is 10.6 Å². The summed E-state index contributed by atoms with van der Waals surface area (Å²) in [5, 5.41) is 58.5. The van der Waals surface area contributed by atoms with Gasteiger partial charge in [0.05, 0.1) is 30.5 Å². The van der Waals surface area contributed by atoms with Crippen LogP contribution < -0.4 is 10.6 Å². The molecule has 0 aliphatic heterocycles. The molecule has 7 atom stereocenters. The maximum absolute atomic E-state index is 12.9. The van der Waals surface area contributed by atoms with E-state index in [2.05, 4.69) is 52.2 Å². The second-order valence-electron chi connectivity index (χ2n) is 14.8. The molecule has 9 nitrogen and oxygen atoms in total. The van der Waals surface area contributed by atoms with Gasteiger partial charge in [0.15, 0.2) is 0 Å². The van der Waals surface area contributed by atoms with Gasteiger partial charge in [-0.15, -0.1) is 0 Å². The molecule has 1 amide bonds. The van der Waals surface area contributed by atoms with Gasteiger partial charge in [-0.25, -0.2) is 4.79 Å². The van der Waals surface area contributed by atoms with E-state index in [9.17, 15) is 30.3 Å². The van der Waals surface area contributed by atoms with Crippen LogP contribution >= 0.6 is 0 Å². The van der Waals surface area contributed by atoms with Crippen LogP contribution in [0.5, 0.6) is 0 Å². The fourth-order valence-electron chi connectivity index (χ4n) is 5.88. The van der Waals surface area contributed by atoms with E-state index in [0.29, 0.717) is 19.3 Å². The largest absolute Gasteiger partial charge is 0.444 e. The number of ether oxygens (including phenoxy) is 1. The molecule has 226 valence electrons. The van der Waals surface area contributed by atoms with E-state index in [-0.39, 0.29) is 23.8 Å². The van der Waals surface area contributed by atoms with Crippen molar-refractivity contribution in [3.05, 3.63) is 0 Å². The second-order valence-corrected chi connectivity index (χ2v) is 14.8. The number of rotatable bonds is 13. The van der Waals surface area contributed by atoms with Crippen LogP contribution in [0.1, 0.15) is 108 Å². The maximum atomic E-state index is 12.9. The molecular formula is C29H58N2O7. The zero-order valence-corrected chi connectivity index (χ0v) is 25.5. The number of carbonyl (C=O) groups excluding carboxylic acids is 1. The summed E-state index contributed by atoms with van der Waals surface area (Å²) in [5.41, 5.74) is -1.24. The molecule has 0 heterocycles. The minimum absolute atomic E-state index is 0.0274. The van der Waals surface area contributed by atoms with Gasteiger partial charge in [-0.3, -0.25) is 0 Å². The molecule has 9 heteroatoms. The number of hydrogen-bond donors (Lipinski definition) is 7. The van der Waals surface area contributed by atoms with Crippen LogP contribution in [0, 0.1) is 16.2 Å². The summed E-state index contributed by atoms with van der Waals surface area (Å²) >= 11 is 0. The highest BCUT2D eigenvalue weighted by Gasteiger charge is 2.39. The highest BCUT2D eigenvalue weighted by molar-refractivity contribution is 5.68. The Labute approximate surface area is 230 Å². The van der Waals surface area contributed by atoms with Gasteiger partial charge in [0.1, 0.15) is 11.7 Å². The van der Waals surface area contributed by atoms with Crippen molar-refractivity contribution in [2.45, 2.75) is 156 Å². The van der Waals surface area contributed by atoms with E-state index in [0.717, 1.165) is 12.8 Å². The lowest BCUT2D eigenvalue weighted by molar-refractivity contribution is -0.0988. The molecule has 0 aromatic carbocycles. The van der Waals surface area contributed by atoms with Crippen molar-refractivity contribution in [1.29, 1.82) is 0 Å². The average Bonchev–Trinajstić information content (AvgIpc) is 2.73. The second kappa shape index (κ2) is 13.6. The maximum Gasteiger partial charge on any atom is 0.408 e. The van der Waals surface area contributed by atoms with Crippen molar-refractivity contribution in [2.24, 2.45) is 16.2 Å². The number of hydrogen-bond acceptors (Lipinski definition) is 8. The molecule has 0 spiro atoms. The number of nitrogens with one attached hydrogen (secondary N) is 2. The smallest absolute Gasteiger partial charge is 0.408 e. The van der Waals surface area contributed by atoms with Crippen LogP contribution in [0.4, 0.5) is 4.79 Å². The predicted molar refractivity (Wildman–Crippen MR) is 150 cm³/mol. The normalized spacial score (nSPS) is 26.0. The minimum Gasteiger partial charge on any atom is -0.444 e. The first-order valence-corrected chi connectivity index (χ1v) is 14.2. The Hall–Kier alpha value is -0.970. The van der Waals surface area contributed by atoms with Crippen molar-refractivity contribution in [3.63, 3.8) is 0 Å². The lowest BCUT2D eigenvalue weighted by Gasteiger charge is -2.40. The van der Waals surface area contributed by atoms with Gasteiger partial charge in [0.25, 0.3) is 0 Å². The molecular weight excluding hydrogens is 488 g/mol. The van der Waals surface area contributed by atoms with E-state index in [1.807, 2.05) is 27.7 Å². The lowest BCUT2D eigenvalue weighted by atomic mass is 9.70. The zero-order valence-electron chi connectivity index (χ0n) is 25.5.